The molecule has 0 fully saturated rings. The Balaban J connectivity index is 0. The summed E-state index contributed by atoms with van der Waals surface area (Å²) in [7, 11) is 0. The minimum Gasteiger partial charge on any atom is -0.298 e. The molecule has 0 N–H and O–H groups in total. The molecule has 0 saturated heterocycles. The van der Waals surface area contributed by atoms with E-state index in [-0.39, 0.29) is 5.82 Å². The Kier molecular flexibility index (Phi) is 11.9. The zero-order valence-electron chi connectivity index (χ0n) is 8.67. The zero-order valence-corrected chi connectivity index (χ0v) is 8.67. The Morgan fingerprint density at radius 3 is 1.69 bits per heavy atom. The molecular formula is C11H17FO. The normalized spacial score (nSPS) is 7.15. The fourth-order valence-electron chi connectivity index (χ4n) is 0.541. The second-order valence-corrected chi connectivity index (χ2v) is 1.67. The summed E-state index contributed by atoms with van der Waals surface area (Å²) in [6.45, 7) is 8.00. The fourth-order valence-corrected chi connectivity index (χ4v) is 0.541. The van der Waals surface area contributed by atoms with E-state index < -0.39 is 0 Å². The molecule has 0 bridgehead atoms. The average Bonchev–Trinajstić information content (AvgIpc) is 2.25. The molecule has 0 aliphatic carbocycles. The summed E-state index contributed by atoms with van der Waals surface area (Å²) in [4.78, 5) is 10.00. The molecule has 0 unspecified atom stereocenters. The zero-order chi connectivity index (χ0) is 10.7. The van der Waals surface area contributed by atoms with E-state index in [9.17, 15) is 9.18 Å². The van der Waals surface area contributed by atoms with Gasteiger partial charge in [-0.05, 0) is 24.3 Å². The van der Waals surface area contributed by atoms with Crippen LogP contribution >= 0.6 is 0 Å². The summed E-state index contributed by atoms with van der Waals surface area (Å²) >= 11 is 0. The predicted octanol–water partition coefficient (Wildman–Crippen LogP) is 3.69. The Bertz CT molecular complexity index is 204. The molecule has 13 heavy (non-hydrogen) atoms. The van der Waals surface area contributed by atoms with Gasteiger partial charge in [0.1, 0.15) is 12.1 Å². The van der Waals surface area contributed by atoms with Gasteiger partial charge in [-0.25, -0.2) is 4.39 Å². The lowest BCUT2D eigenvalue weighted by atomic mass is 10.2. The van der Waals surface area contributed by atoms with Crippen molar-refractivity contribution in [2.24, 2.45) is 0 Å². The van der Waals surface area contributed by atoms with E-state index in [2.05, 4.69) is 0 Å². The van der Waals surface area contributed by atoms with Crippen molar-refractivity contribution in [2.45, 2.75) is 27.7 Å². The van der Waals surface area contributed by atoms with Crippen molar-refractivity contribution in [3.63, 3.8) is 0 Å². The maximum atomic E-state index is 12.1. The maximum absolute atomic E-state index is 12.1. The van der Waals surface area contributed by atoms with E-state index in [1.54, 1.807) is 0 Å². The first kappa shape index (κ1) is 14.3. The van der Waals surface area contributed by atoms with Crippen molar-refractivity contribution in [1.82, 2.24) is 0 Å². The summed E-state index contributed by atoms with van der Waals surface area (Å²) in [5, 5.41) is 0. The van der Waals surface area contributed by atoms with Crippen LogP contribution in [0.25, 0.3) is 0 Å². The van der Waals surface area contributed by atoms with Crippen LogP contribution < -0.4 is 0 Å². The van der Waals surface area contributed by atoms with Gasteiger partial charge in [0.15, 0.2) is 0 Å². The van der Waals surface area contributed by atoms with Crippen LogP contribution in [0.3, 0.4) is 0 Å². The molecule has 0 atom stereocenters. The summed E-state index contributed by atoms with van der Waals surface area (Å²) in [6, 6.07) is 5.37. The first-order valence-corrected chi connectivity index (χ1v) is 4.53. The Labute approximate surface area is 79.6 Å². The summed E-state index contributed by atoms with van der Waals surface area (Å²) in [6.07, 6.45) is 0.680. The van der Waals surface area contributed by atoms with E-state index in [0.717, 1.165) is 0 Å². The summed E-state index contributed by atoms with van der Waals surface area (Å²) < 4.78 is 12.1. The number of hydrogen-bond donors (Lipinski definition) is 0. The first-order valence-electron chi connectivity index (χ1n) is 4.53. The van der Waals surface area contributed by atoms with E-state index >= 15 is 0 Å². The molecule has 74 valence electrons. The van der Waals surface area contributed by atoms with Gasteiger partial charge in [0.25, 0.3) is 0 Å². The van der Waals surface area contributed by atoms with Gasteiger partial charge >= 0.3 is 0 Å². The highest BCUT2D eigenvalue weighted by atomic mass is 19.1. The molecule has 0 heterocycles. The van der Waals surface area contributed by atoms with E-state index in [1.807, 2.05) is 27.7 Å². The molecule has 0 radical (unpaired) electrons. The predicted molar refractivity (Wildman–Crippen MR) is 54.5 cm³/mol. The van der Waals surface area contributed by atoms with Gasteiger partial charge < -0.3 is 0 Å². The SMILES string of the molecule is CC.CC.O=Cc1ccc(F)cc1. The highest BCUT2D eigenvalue weighted by molar-refractivity contribution is 5.74. The molecule has 1 aromatic rings. The van der Waals surface area contributed by atoms with Crippen molar-refractivity contribution in [3.05, 3.63) is 35.6 Å². The number of halogens is 1. The molecular weight excluding hydrogens is 167 g/mol. The largest absolute Gasteiger partial charge is 0.298 e. The van der Waals surface area contributed by atoms with Gasteiger partial charge in [-0.15, -0.1) is 0 Å². The Hall–Kier alpha value is -1.18. The van der Waals surface area contributed by atoms with Gasteiger partial charge in [-0.1, -0.05) is 27.7 Å². The van der Waals surface area contributed by atoms with E-state index in [0.29, 0.717) is 11.8 Å². The van der Waals surface area contributed by atoms with E-state index in [4.69, 9.17) is 0 Å². The van der Waals surface area contributed by atoms with Crippen LogP contribution in [0.4, 0.5) is 4.39 Å². The van der Waals surface area contributed by atoms with Crippen LogP contribution in [0.2, 0.25) is 0 Å². The number of rotatable bonds is 1. The maximum Gasteiger partial charge on any atom is 0.150 e. The lowest BCUT2D eigenvalue weighted by Gasteiger charge is -1.86. The minimum absolute atomic E-state index is 0.319. The van der Waals surface area contributed by atoms with Crippen LogP contribution in [0.1, 0.15) is 38.1 Å². The van der Waals surface area contributed by atoms with Crippen molar-refractivity contribution < 1.29 is 9.18 Å². The molecule has 1 aromatic carbocycles. The molecule has 0 aliphatic rings. The average molecular weight is 184 g/mol. The molecule has 1 nitrogen and oxygen atoms in total. The van der Waals surface area contributed by atoms with Gasteiger partial charge in [-0.3, -0.25) is 4.79 Å². The minimum atomic E-state index is -0.319. The highest BCUT2D eigenvalue weighted by Gasteiger charge is 1.87. The molecule has 0 aromatic heterocycles. The molecule has 0 aliphatic heterocycles. The lowest BCUT2D eigenvalue weighted by molar-refractivity contribution is 0.112. The number of carbonyl (C=O) groups is 1. The fraction of sp³-hybridized carbons (Fsp3) is 0.364. The smallest absolute Gasteiger partial charge is 0.150 e. The van der Waals surface area contributed by atoms with Crippen LogP contribution in [0.5, 0.6) is 0 Å². The Morgan fingerprint density at radius 2 is 1.38 bits per heavy atom. The van der Waals surface area contributed by atoms with Gasteiger partial charge in [0, 0.05) is 5.56 Å². The number of hydrogen-bond acceptors (Lipinski definition) is 1. The molecule has 2 heteroatoms. The second-order valence-electron chi connectivity index (χ2n) is 1.67. The quantitative estimate of drug-likeness (QED) is 0.608. The lowest BCUT2D eigenvalue weighted by Crippen LogP contribution is -1.77. The molecule has 1 rings (SSSR count). The monoisotopic (exact) mass is 184 g/mol. The molecule has 0 amide bonds. The van der Waals surface area contributed by atoms with Gasteiger partial charge in [-0.2, -0.15) is 0 Å². The Morgan fingerprint density at radius 1 is 1.00 bits per heavy atom. The first-order chi connectivity index (χ1) is 6.33. The summed E-state index contributed by atoms with van der Waals surface area (Å²) in [5.41, 5.74) is 0.497. The highest BCUT2D eigenvalue weighted by Crippen LogP contribution is 1.98. The van der Waals surface area contributed by atoms with Crippen molar-refractivity contribution >= 4 is 6.29 Å². The van der Waals surface area contributed by atoms with E-state index in [1.165, 1.54) is 24.3 Å². The van der Waals surface area contributed by atoms with Gasteiger partial charge in [0.05, 0.1) is 0 Å². The third kappa shape index (κ3) is 7.19. The standard InChI is InChI=1S/C7H5FO.2C2H6/c8-7-3-1-6(5-9)2-4-7;2*1-2/h1-5H;2*1-2H3. The van der Waals surface area contributed by atoms with Crippen LogP contribution in [0.15, 0.2) is 24.3 Å². The molecule has 0 saturated carbocycles. The molecule has 0 spiro atoms. The summed E-state index contributed by atoms with van der Waals surface area (Å²) in [5.74, 6) is -0.319. The van der Waals surface area contributed by atoms with Crippen LogP contribution in [-0.2, 0) is 0 Å². The number of aldehydes is 1. The number of benzene rings is 1. The second kappa shape index (κ2) is 10.8. The van der Waals surface area contributed by atoms with Crippen molar-refractivity contribution in [2.75, 3.05) is 0 Å². The van der Waals surface area contributed by atoms with Crippen molar-refractivity contribution in [1.29, 1.82) is 0 Å². The van der Waals surface area contributed by atoms with Crippen molar-refractivity contribution in [3.8, 4) is 0 Å². The third-order valence-electron chi connectivity index (χ3n) is 1.01. The third-order valence-corrected chi connectivity index (χ3v) is 1.01. The van der Waals surface area contributed by atoms with Crippen LogP contribution in [-0.4, -0.2) is 6.29 Å². The topological polar surface area (TPSA) is 17.1 Å². The van der Waals surface area contributed by atoms with Gasteiger partial charge in [0.2, 0.25) is 0 Å². The number of carbonyl (C=O) groups excluding carboxylic acids is 1. The van der Waals surface area contributed by atoms with Crippen LogP contribution in [0, 0.1) is 5.82 Å².